The van der Waals surface area contributed by atoms with Gasteiger partial charge in [-0.1, -0.05) is 70.6 Å². The number of nitrogens with one attached hydrogen (secondary N) is 3. The number of amides is 3. The maximum Gasteiger partial charge on any atom is 0.253 e. The first kappa shape index (κ1) is 83.0. The van der Waals surface area contributed by atoms with Gasteiger partial charge in [0.25, 0.3) is 17.7 Å². The molecule has 1 atom stereocenters. The molecular formula is C91H127N17O6. The van der Waals surface area contributed by atoms with Gasteiger partial charge in [-0.15, -0.1) is 0 Å². The Labute approximate surface area is 674 Å². The molecule has 612 valence electrons. The Morgan fingerprint density at radius 3 is 1.10 bits per heavy atom. The van der Waals surface area contributed by atoms with E-state index in [4.69, 9.17) is 24.9 Å². The van der Waals surface area contributed by atoms with Crippen LogP contribution in [-0.2, 0) is 0 Å². The Morgan fingerprint density at radius 2 is 0.754 bits per heavy atom. The molecule has 3 aliphatic carbocycles. The summed E-state index contributed by atoms with van der Waals surface area (Å²) in [6, 6.07) is 15.0. The first-order chi connectivity index (χ1) is 55.1. The first-order valence-electron chi connectivity index (χ1n) is 43.4. The van der Waals surface area contributed by atoms with Gasteiger partial charge in [0.15, 0.2) is 0 Å². The van der Waals surface area contributed by atoms with Crippen molar-refractivity contribution in [1.82, 2.24) is 68.3 Å². The fourth-order valence-corrected chi connectivity index (χ4v) is 18.9. The normalized spacial score (nSPS) is 21.0. The highest BCUT2D eigenvalue weighted by atomic mass is 16.3. The summed E-state index contributed by atoms with van der Waals surface area (Å²) in [6.07, 6.45) is 35.4. The van der Waals surface area contributed by atoms with Crippen molar-refractivity contribution in [3.63, 3.8) is 0 Å². The third-order valence-corrected chi connectivity index (χ3v) is 25.4. The van der Waals surface area contributed by atoms with Crippen molar-refractivity contribution in [3.05, 3.63) is 147 Å². The van der Waals surface area contributed by atoms with E-state index in [1.165, 1.54) is 16.7 Å². The van der Waals surface area contributed by atoms with Crippen LogP contribution in [-0.4, -0.2) is 178 Å². The van der Waals surface area contributed by atoms with Crippen molar-refractivity contribution in [2.45, 2.75) is 290 Å². The molecule has 0 bridgehead atoms. The van der Waals surface area contributed by atoms with Gasteiger partial charge in [0.1, 0.15) is 16.9 Å². The molecule has 0 radical (unpaired) electrons. The molecule has 23 heteroatoms. The number of aliphatic hydroxyl groups excluding tert-OH is 3. The molecule has 0 spiro atoms. The number of hydrogen-bond donors (Lipinski definition) is 6. The molecule has 11 heterocycles. The molecule has 3 aliphatic heterocycles. The number of anilines is 3. The van der Waals surface area contributed by atoms with Gasteiger partial charge in [-0.25, -0.2) is 15.0 Å². The van der Waals surface area contributed by atoms with E-state index in [1.807, 2.05) is 111 Å². The molecule has 3 saturated heterocycles. The highest BCUT2D eigenvalue weighted by Gasteiger charge is 2.35. The SMILES string of the molecule is CCC(CC)CNc1ncc2c(C3CCN(C(=O)c4cc(C)nc(C)c4)CC3)cn(C3CCC(O)CC3)c2n1.CCCCNc1ncc2c(C3CCN(C(=O)c4cc(C)nc(C)c4)CC3)cn(C3CCC(O)CC3)c2n1.CCC[C@H](C)Nc1ncc2c(C3CCN(C(=O)c4cc(C)cc(C)c4)CC3)cn(C3CCC(O)CC3)c2n1. The molecule has 6 aliphatic rings. The third kappa shape index (κ3) is 20.1. The zero-order chi connectivity index (χ0) is 80.3. The van der Waals surface area contributed by atoms with Crippen LogP contribution in [0.3, 0.4) is 0 Å². The minimum atomic E-state index is -0.191. The third-order valence-electron chi connectivity index (χ3n) is 25.4. The van der Waals surface area contributed by atoms with Crippen LogP contribution in [0.1, 0.15) is 306 Å². The summed E-state index contributed by atoms with van der Waals surface area (Å²) in [5.74, 6) is 4.11. The largest absolute Gasteiger partial charge is 0.393 e. The number of aryl methyl sites for hydroxylation is 6. The smallest absolute Gasteiger partial charge is 0.253 e. The number of piperidine rings is 3. The van der Waals surface area contributed by atoms with Crippen molar-refractivity contribution < 1.29 is 29.7 Å². The van der Waals surface area contributed by atoms with Crippen LogP contribution in [0.25, 0.3) is 33.1 Å². The summed E-state index contributed by atoms with van der Waals surface area (Å²) in [7, 11) is 0. The quantitative estimate of drug-likeness (QED) is 0.0344. The second-order valence-electron chi connectivity index (χ2n) is 34.2. The Hall–Kier alpha value is -8.93. The Balaban J connectivity index is 0.000000149. The zero-order valence-corrected chi connectivity index (χ0v) is 69.8. The predicted molar refractivity (Wildman–Crippen MR) is 454 cm³/mol. The standard InChI is InChI=1S/C31H44N6O2.C31H43N5O2.C29H40N6O2/c1-5-22(6-2)17-32-31-33-18-27-28(19-37(29(27)35-31)25-7-9-26(38)10-8-25)23-11-13-36(14-12-23)30(39)24-15-20(3)34-21(4)16-24;1-5-6-22(4)33-31-32-18-27-28(19-36(29(27)34-31)25-7-9-26(37)10-8-25)23-11-13-35(14-12-23)30(38)24-16-20(2)15-21(3)17-24;1-4-5-12-30-29-31-17-25-26(18-35(27(25)33-29)23-6-8-24(36)9-7-23)21-10-13-34(14-11-21)28(37)22-15-19(2)32-20(3)16-22/h15-16,18-19,22-23,25-26,38H,5-14,17H2,1-4H3,(H,32,33,35);15-19,22-23,25-26,37H,5-14H2,1-4H3,(H,32,33,34);15-18,21,23-24,36H,4-14H2,1-3H3,(H,30,31,33)/t;22-,25?,26?;/m.0./s1. The van der Waals surface area contributed by atoms with Crippen LogP contribution in [0.15, 0.2) is 79.6 Å². The monoisotopic (exact) mass is 1550 g/mol. The number of carbonyl (C=O) groups is 3. The molecular weight excluding hydrogens is 1430 g/mol. The van der Waals surface area contributed by atoms with Gasteiger partial charge < -0.3 is 59.7 Å². The van der Waals surface area contributed by atoms with Crippen LogP contribution in [0.5, 0.6) is 0 Å². The summed E-state index contributed by atoms with van der Waals surface area (Å²) < 4.78 is 7.07. The van der Waals surface area contributed by atoms with Gasteiger partial charge in [0, 0.05) is 169 Å². The fraction of sp³-hybridized carbons (Fsp3) is 0.593. The van der Waals surface area contributed by atoms with E-state index < -0.39 is 0 Å². The zero-order valence-electron chi connectivity index (χ0n) is 69.8. The summed E-state index contributed by atoms with van der Waals surface area (Å²) in [5.41, 5.74) is 14.9. The van der Waals surface area contributed by atoms with Crippen molar-refractivity contribution in [2.75, 3.05) is 68.3 Å². The summed E-state index contributed by atoms with van der Waals surface area (Å²) in [4.78, 5) is 83.6. The van der Waals surface area contributed by atoms with Gasteiger partial charge in [0.2, 0.25) is 17.8 Å². The average molecular weight is 1560 g/mol. The lowest BCUT2D eigenvalue weighted by atomic mass is 9.89. The molecule has 6 fully saturated rings. The van der Waals surface area contributed by atoms with E-state index in [9.17, 15) is 29.7 Å². The van der Waals surface area contributed by atoms with E-state index >= 15 is 0 Å². The van der Waals surface area contributed by atoms with Crippen LogP contribution in [0.4, 0.5) is 17.8 Å². The topological polar surface area (TPSA) is 276 Å². The van der Waals surface area contributed by atoms with Crippen molar-refractivity contribution in [2.24, 2.45) is 5.92 Å². The molecule has 1 aromatic carbocycles. The van der Waals surface area contributed by atoms with E-state index in [1.54, 1.807) is 0 Å². The molecule has 3 saturated carbocycles. The van der Waals surface area contributed by atoms with Gasteiger partial charge in [-0.05, 0) is 254 Å². The maximum atomic E-state index is 13.2. The summed E-state index contributed by atoms with van der Waals surface area (Å²) >= 11 is 0. The Kier molecular flexibility index (Phi) is 27.8. The number of likely N-dealkylation sites (tertiary alicyclic amines) is 3. The highest BCUT2D eigenvalue weighted by molar-refractivity contribution is 5.96. The molecule has 15 rings (SSSR count). The first-order valence-corrected chi connectivity index (χ1v) is 43.4. The van der Waals surface area contributed by atoms with Crippen molar-refractivity contribution in [3.8, 4) is 0 Å². The van der Waals surface area contributed by atoms with E-state index in [0.29, 0.717) is 65.7 Å². The van der Waals surface area contributed by atoms with Gasteiger partial charge in [-0.3, -0.25) is 24.4 Å². The number of hydrogen-bond acceptors (Lipinski definition) is 17. The number of nitrogens with zero attached hydrogens (tertiary/aromatic N) is 14. The number of aromatic nitrogens is 11. The Morgan fingerprint density at radius 1 is 0.421 bits per heavy atom. The second kappa shape index (κ2) is 38.2. The number of unbranched alkanes of at least 4 members (excludes halogenated alkanes) is 1. The minimum absolute atomic E-state index is 0.0985. The summed E-state index contributed by atoms with van der Waals surface area (Å²) in [6.45, 7) is 29.1. The van der Waals surface area contributed by atoms with Crippen molar-refractivity contribution >= 4 is 68.7 Å². The van der Waals surface area contributed by atoms with Gasteiger partial charge in [-0.2, -0.15) is 15.0 Å². The number of carbonyl (C=O) groups excluding carboxylic acids is 3. The molecule has 0 unspecified atom stereocenters. The molecule has 3 amide bonds. The van der Waals surface area contributed by atoms with Gasteiger partial charge in [0.05, 0.1) is 18.3 Å². The van der Waals surface area contributed by atoms with E-state index in [0.717, 1.165) is 290 Å². The van der Waals surface area contributed by atoms with Crippen LogP contribution >= 0.6 is 0 Å². The molecule has 8 aromatic heterocycles. The van der Waals surface area contributed by atoms with Crippen LogP contribution in [0, 0.1) is 47.5 Å². The number of pyridine rings is 2. The fourth-order valence-electron chi connectivity index (χ4n) is 18.9. The lowest BCUT2D eigenvalue weighted by Crippen LogP contribution is -2.38. The van der Waals surface area contributed by atoms with E-state index in [-0.39, 0.29) is 36.0 Å². The Bertz CT molecular complexity index is 4670. The number of rotatable bonds is 22. The van der Waals surface area contributed by atoms with Crippen molar-refractivity contribution in [1.29, 1.82) is 0 Å². The molecule has 9 aromatic rings. The maximum absolute atomic E-state index is 13.2. The lowest BCUT2D eigenvalue weighted by molar-refractivity contribution is 0.0705. The molecule has 114 heavy (non-hydrogen) atoms. The van der Waals surface area contributed by atoms with Gasteiger partial charge >= 0.3 is 0 Å². The second-order valence-corrected chi connectivity index (χ2v) is 34.2. The number of aliphatic hydroxyl groups is 3. The molecule has 23 nitrogen and oxygen atoms in total. The van der Waals surface area contributed by atoms with E-state index in [2.05, 4.69) is 104 Å². The van der Waals surface area contributed by atoms with Crippen LogP contribution < -0.4 is 16.0 Å². The predicted octanol–water partition coefficient (Wildman–Crippen LogP) is 17.1. The average Bonchev–Trinajstić information content (AvgIpc) is 1.62. The highest BCUT2D eigenvalue weighted by Crippen LogP contribution is 2.43. The molecule has 6 N–H and O–H groups in total. The number of benzene rings is 1. The number of fused-ring (bicyclic) bond motifs is 3. The minimum Gasteiger partial charge on any atom is -0.393 e. The summed E-state index contributed by atoms with van der Waals surface area (Å²) in [5, 5.41) is 44.0. The lowest BCUT2D eigenvalue weighted by Gasteiger charge is -2.32. The van der Waals surface area contributed by atoms with Crippen LogP contribution in [0.2, 0.25) is 0 Å².